The van der Waals surface area contributed by atoms with E-state index in [1.165, 1.54) is 24.4 Å². The average Bonchev–Trinajstić information content (AvgIpc) is 3.48. The SMILES string of the molecule is CCN(Cc1cnc(S(=O)(=O)Cc2ccccc2)n1CC1CCCO1)C(=O)c1cccc(F)c1. The summed E-state index contributed by atoms with van der Waals surface area (Å²) >= 11 is 0. The molecule has 34 heavy (non-hydrogen) atoms. The highest BCUT2D eigenvalue weighted by molar-refractivity contribution is 7.90. The maximum absolute atomic E-state index is 13.7. The summed E-state index contributed by atoms with van der Waals surface area (Å²) in [5.74, 6) is -0.990. The first-order valence-electron chi connectivity index (χ1n) is 11.3. The standard InChI is InChI=1S/C25H28FN3O4S/c1-2-28(24(30)20-10-6-11-21(26)14-20)16-22-15-27-25(29(22)17-23-12-7-13-33-23)34(31,32)18-19-8-4-3-5-9-19/h3-6,8-11,14-15,23H,2,7,12-13,16-18H2,1H3. The van der Waals surface area contributed by atoms with Gasteiger partial charge in [0.05, 0.1) is 36.8 Å². The van der Waals surface area contributed by atoms with E-state index in [1.54, 1.807) is 39.8 Å². The maximum atomic E-state index is 13.7. The summed E-state index contributed by atoms with van der Waals surface area (Å²) in [5.41, 5.74) is 1.50. The van der Waals surface area contributed by atoms with E-state index >= 15 is 0 Å². The highest BCUT2D eigenvalue weighted by atomic mass is 32.2. The molecule has 1 aliphatic heterocycles. The van der Waals surface area contributed by atoms with Crippen LogP contribution in [0.1, 0.15) is 41.4 Å². The minimum Gasteiger partial charge on any atom is -0.376 e. The third kappa shape index (κ3) is 5.53. The molecule has 1 aromatic heterocycles. The van der Waals surface area contributed by atoms with Crippen LogP contribution in [-0.2, 0) is 33.4 Å². The van der Waals surface area contributed by atoms with Gasteiger partial charge in [-0.25, -0.2) is 17.8 Å². The van der Waals surface area contributed by atoms with Crippen LogP contribution in [0.2, 0.25) is 0 Å². The number of hydrogen-bond acceptors (Lipinski definition) is 5. The molecule has 1 aliphatic rings. The number of aromatic nitrogens is 2. The lowest BCUT2D eigenvalue weighted by Gasteiger charge is -2.23. The van der Waals surface area contributed by atoms with Crippen molar-refractivity contribution in [3.05, 3.63) is 83.4 Å². The van der Waals surface area contributed by atoms with Crippen molar-refractivity contribution in [3.8, 4) is 0 Å². The zero-order valence-electron chi connectivity index (χ0n) is 19.1. The molecule has 1 fully saturated rings. The molecule has 1 atom stereocenters. The Bertz CT molecular complexity index is 1240. The zero-order chi connectivity index (χ0) is 24.1. The Morgan fingerprint density at radius 2 is 2.00 bits per heavy atom. The van der Waals surface area contributed by atoms with Crippen molar-refractivity contribution in [3.63, 3.8) is 0 Å². The number of rotatable bonds is 9. The lowest BCUT2D eigenvalue weighted by atomic mass is 10.2. The number of hydrogen-bond donors (Lipinski definition) is 0. The van der Waals surface area contributed by atoms with Gasteiger partial charge in [0.1, 0.15) is 5.82 Å². The number of sulfone groups is 1. The summed E-state index contributed by atoms with van der Waals surface area (Å²) in [6.07, 6.45) is 3.14. The monoisotopic (exact) mass is 485 g/mol. The molecule has 0 bridgehead atoms. The number of imidazole rings is 1. The molecule has 7 nitrogen and oxygen atoms in total. The van der Waals surface area contributed by atoms with Crippen molar-refractivity contribution in [2.24, 2.45) is 0 Å². The molecule has 0 radical (unpaired) electrons. The molecule has 9 heteroatoms. The van der Waals surface area contributed by atoms with E-state index in [2.05, 4.69) is 4.98 Å². The zero-order valence-corrected chi connectivity index (χ0v) is 19.9. The van der Waals surface area contributed by atoms with E-state index in [9.17, 15) is 17.6 Å². The Morgan fingerprint density at radius 1 is 1.21 bits per heavy atom. The fourth-order valence-electron chi connectivity index (χ4n) is 4.14. The van der Waals surface area contributed by atoms with Gasteiger partial charge in [0.25, 0.3) is 5.91 Å². The molecular formula is C25H28FN3O4S. The van der Waals surface area contributed by atoms with E-state index in [4.69, 9.17) is 4.74 Å². The van der Waals surface area contributed by atoms with Gasteiger partial charge >= 0.3 is 0 Å². The predicted molar refractivity (Wildman–Crippen MR) is 125 cm³/mol. The number of amides is 1. The van der Waals surface area contributed by atoms with E-state index in [0.29, 0.717) is 31.0 Å². The Labute approximate surface area is 199 Å². The molecule has 1 unspecified atom stereocenters. The quantitative estimate of drug-likeness (QED) is 0.460. The summed E-state index contributed by atoms with van der Waals surface area (Å²) < 4.78 is 47.7. The molecule has 0 spiro atoms. The maximum Gasteiger partial charge on any atom is 0.254 e. The molecule has 0 N–H and O–H groups in total. The average molecular weight is 486 g/mol. The third-order valence-electron chi connectivity index (χ3n) is 5.88. The topological polar surface area (TPSA) is 81.5 Å². The van der Waals surface area contributed by atoms with Crippen LogP contribution >= 0.6 is 0 Å². The minimum atomic E-state index is -3.74. The van der Waals surface area contributed by atoms with Crippen LogP contribution < -0.4 is 0 Å². The Morgan fingerprint density at radius 3 is 2.68 bits per heavy atom. The van der Waals surface area contributed by atoms with Gasteiger partial charge in [0.15, 0.2) is 0 Å². The number of carbonyl (C=O) groups excluding carboxylic acids is 1. The smallest absolute Gasteiger partial charge is 0.254 e. The van der Waals surface area contributed by atoms with Crippen LogP contribution in [-0.4, -0.2) is 48.0 Å². The van der Waals surface area contributed by atoms with E-state index in [1.807, 2.05) is 13.0 Å². The van der Waals surface area contributed by atoms with Crippen LogP contribution in [0.25, 0.3) is 0 Å². The van der Waals surface area contributed by atoms with Crippen molar-refractivity contribution in [2.45, 2.75) is 49.9 Å². The molecule has 2 aromatic carbocycles. The molecular weight excluding hydrogens is 457 g/mol. The number of ether oxygens (including phenoxy) is 1. The van der Waals surface area contributed by atoms with E-state index in [0.717, 1.165) is 12.8 Å². The predicted octanol–water partition coefficient (Wildman–Crippen LogP) is 3.84. The largest absolute Gasteiger partial charge is 0.376 e. The molecule has 2 heterocycles. The first-order valence-corrected chi connectivity index (χ1v) is 13.0. The van der Waals surface area contributed by atoms with E-state index < -0.39 is 15.7 Å². The minimum absolute atomic E-state index is 0.0314. The first-order chi connectivity index (χ1) is 16.4. The lowest BCUT2D eigenvalue weighted by molar-refractivity contribution is 0.0741. The fourth-order valence-corrected chi connectivity index (χ4v) is 5.64. The fraction of sp³-hybridized carbons (Fsp3) is 0.360. The molecule has 0 aliphatic carbocycles. The van der Waals surface area contributed by atoms with Crippen molar-refractivity contribution in [1.29, 1.82) is 0 Å². The van der Waals surface area contributed by atoms with Gasteiger partial charge in [-0.2, -0.15) is 0 Å². The van der Waals surface area contributed by atoms with Crippen LogP contribution in [0.3, 0.4) is 0 Å². The second-order valence-electron chi connectivity index (χ2n) is 8.35. The Balaban J connectivity index is 1.65. The van der Waals surface area contributed by atoms with Crippen molar-refractivity contribution in [1.82, 2.24) is 14.5 Å². The normalized spacial score (nSPS) is 16.0. The molecule has 4 rings (SSSR count). The van der Waals surface area contributed by atoms with Crippen molar-refractivity contribution in [2.75, 3.05) is 13.2 Å². The summed E-state index contributed by atoms with van der Waals surface area (Å²) in [7, 11) is -3.74. The molecule has 3 aromatic rings. The van der Waals surface area contributed by atoms with Crippen LogP contribution in [0, 0.1) is 5.82 Å². The number of nitrogens with zero attached hydrogens (tertiary/aromatic N) is 3. The highest BCUT2D eigenvalue weighted by Crippen LogP contribution is 2.23. The summed E-state index contributed by atoms with van der Waals surface area (Å²) in [4.78, 5) is 18.8. The van der Waals surface area contributed by atoms with Gasteiger partial charge in [-0.1, -0.05) is 36.4 Å². The summed E-state index contributed by atoms with van der Waals surface area (Å²) in [5, 5.41) is -0.0314. The number of carbonyl (C=O) groups is 1. The first kappa shape index (κ1) is 24.1. The van der Waals surface area contributed by atoms with Gasteiger partial charge < -0.3 is 14.2 Å². The van der Waals surface area contributed by atoms with Crippen molar-refractivity contribution < 1.29 is 22.3 Å². The second kappa shape index (κ2) is 10.5. The molecule has 1 amide bonds. The molecule has 1 saturated heterocycles. The van der Waals surface area contributed by atoms with Gasteiger partial charge in [-0.15, -0.1) is 0 Å². The summed E-state index contributed by atoms with van der Waals surface area (Å²) in [6.45, 7) is 3.31. The van der Waals surface area contributed by atoms with Gasteiger partial charge in [-0.05, 0) is 43.5 Å². The third-order valence-corrected chi connectivity index (χ3v) is 7.48. The number of halogens is 1. The van der Waals surface area contributed by atoms with Crippen molar-refractivity contribution >= 4 is 15.7 Å². The van der Waals surface area contributed by atoms with Gasteiger partial charge in [0.2, 0.25) is 15.0 Å². The van der Waals surface area contributed by atoms with Gasteiger partial charge in [0, 0.05) is 18.7 Å². The molecule has 0 saturated carbocycles. The highest BCUT2D eigenvalue weighted by Gasteiger charge is 2.28. The van der Waals surface area contributed by atoms with E-state index in [-0.39, 0.29) is 35.0 Å². The van der Waals surface area contributed by atoms with Crippen LogP contribution in [0.15, 0.2) is 66.0 Å². The Hall–Kier alpha value is -3.04. The number of benzene rings is 2. The Kier molecular flexibility index (Phi) is 7.43. The van der Waals surface area contributed by atoms with Gasteiger partial charge in [-0.3, -0.25) is 4.79 Å². The second-order valence-corrected chi connectivity index (χ2v) is 10.2. The lowest BCUT2D eigenvalue weighted by Crippen LogP contribution is -2.32. The van der Waals surface area contributed by atoms with Crippen LogP contribution in [0.4, 0.5) is 4.39 Å². The van der Waals surface area contributed by atoms with Crippen LogP contribution in [0.5, 0.6) is 0 Å². The molecule has 180 valence electrons. The summed E-state index contributed by atoms with van der Waals surface area (Å²) in [6, 6.07) is 14.5.